The lowest BCUT2D eigenvalue weighted by Crippen LogP contribution is -2.14. The van der Waals surface area contributed by atoms with Crippen molar-refractivity contribution < 1.29 is 14.6 Å². The van der Waals surface area contributed by atoms with Gasteiger partial charge in [-0.3, -0.25) is 0 Å². The van der Waals surface area contributed by atoms with Crippen LogP contribution in [-0.4, -0.2) is 17.7 Å². The maximum atomic E-state index is 10.8. The lowest BCUT2D eigenvalue weighted by molar-refractivity contribution is -0.131. The molecular formula is C15H18O3. The number of carboxylic acids is 1. The van der Waals surface area contributed by atoms with Crippen molar-refractivity contribution in [2.24, 2.45) is 0 Å². The van der Waals surface area contributed by atoms with Gasteiger partial charge in [0.25, 0.3) is 0 Å². The minimum Gasteiger partial charge on any atom is -0.493 e. The van der Waals surface area contributed by atoms with Crippen molar-refractivity contribution in [1.82, 2.24) is 0 Å². The van der Waals surface area contributed by atoms with E-state index in [0.717, 1.165) is 16.9 Å². The summed E-state index contributed by atoms with van der Waals surface area (Å²) in [5.74, 6) is -0.112. The van der Waals surface area contributed by atoms with Crippen LogP contribution in [0.3, 0.4) is 0 Å². The van der Waals surface area contributed by atoms with E-state index >= 15 is 0 Å². The Kier molecular flexibility index (Phi) is 3.16. The molecule has 0 radical (unpaired) electrons. The maximum absolute atomic E-state index is 10.8. The molecule has 3 heteroatoms. The number of carbonyl (C=O) groups is 1. The van der Waals surface area contributed by atoms with Crippen molar-refractivity contribution in [2.75, 3.05) is 6.61 Å². The molecule has 1 heterocycles. The summed E-state index contributed by atoms with van der Waals surface area (Å²) in [6.45, 7) is 6.97. The SMILES string of the molecule is CC(C)(C)c1ccc2c(c1)OCC/C2=C\C(=O)O. The summed E-state index contributed by atoms with van der Waals surface area (Å²) in [5.41, 5.74) is 2.99. The van der Waals surface area contributed by atoms with Crippen molar-refractivity contribution in [2.45, 2.75) is 32.6 Å². The highest BCUT2D eigenvalue weighted by Crippen LogP contribution is 2.36. The zero-order chi connectivity index (χ0) is 13.3. The highest BCUT2D eigenvalue weighted by molar-refractivity contribution is 5.91. The second kappa shape index (κ2) is 4.48. The van der Waals surface area contributed by atoms with Gasteiger partial charge in [0, 0.05) is 18.1 Å². The molecule has 0 amide bonds. The third-order valence-corrected chi connectivity index (χ3v) is 3.12. The van der Waals surface area contributed by atoms with Crippen LogP contribution >= 0.6 is 0 Å². The Balaban J connectivity index is 2.46. The minimum absolute atomic E-state index is 0.0620. The Bertz CT molecular complexity index is 507. The van der Waals surface area contributed by atoms with Crippen LogP contribution in [0.15, 0.2) is 24.3 Å². The largest absolute Gasteiger partial charge is 0.493 e. The van der Waals surface area contributed by atoms with E-state index in [1.807, 2.05) is 18.2 Å². The molecule has 0 spiro atoms. The third-order valence-electron chi connectivity index (χ3n) is 3.12. The van der Waals surface area contributed by atoms with Crippen molar-refractivity contribution in [1.29, 1.82) is 0 Å². The smallest absolute Gasteiger partial charge is 0.328 e. The van der Waals surface area contributed by atoms with Crippen molar-refractivity contribution >= 4 is 11.5 Å². The Labute approximate surface area is 107 Å². The number of rotatable bonds is 1. The van der Waals surface area contributed by atoms with Gasteiger partial charge in [-0.25, -0.2) is 4.79 Å². The van der Waals surface area contributed by atoms with Crippen LogP contribution in [0.1, 0.15) is 38.3 Å². The molecule has 1 aromatic carbocycles. The fourth-order valence-corrected chi connectivity index (χ4v) is 2.08. The van der Waals surface area contributed by atoms with Crippen LogP contribution in [0.2, 0.25) is 0 Å². The van der Waals surface area contributed by atoms with Crippen LogP contribution in [0.4, 0.5) is 0 Å². The quantitative estimate of drug-likeness (QED) is 0.774. The van der Waals surface area contributed by atoms with Crippen molar-refractivity contribution in [3.63, 3.8) is 0 Å². The van der Waals surface area contributed by atoms with Gasteiger partial charge < -0.3 is 9.84 Å². The predicted molar refractivity (Wildman–Crippen MR) is 70.9 cm³/mol. The highest BCUT2D eigenvalue weighted by Gasteiger charge is 2.20. The molecule has 2 rings (SSSR count). The van der Waals surface area contributed by atoms with Crippen LogP contribution < -0.4 is 4.74 Å². The average Bonchev–Trinajstić information content (AvgIpc) is 2.27. The van der Waals surface area contributed by atoms with Gasteiger partial charge >= 0.3 is 5.97 Å². The summed E-state index contributed by atoms with van der Waals surface area (Å²) in [6.07, 6.45) is 1.92. The molecule has 0 aliphatic carbocycles. The molecule has 18 heavy (non-hydrogen) atoms. The van der Waals surface area contributed by atoms with Gasteiger partial charge in [-0.2, -0.15) is 0 Å². The molecule has 1 N–H and O–H groups in total. The molecule has 0 saturated carbocycles. The van der Waals surface area contributed by atoms with Gasteiger partial charge in [-0.15, -0.1) is 0 Å². The fourth-order valence-electron chi connectivity index (χ4n) is 2.08. The first kappa shape index (κ1) is 12.7. The Morgan fingerprint density at radius 2 is 2.11 bits per heavy atom. The first-order chi connectivity index (χ1) is 8.38. The standard InChI is InChI=1S/C15H18O3/c1-15(2,3)11-4-5-12-10(8-14(16)17)6-7-18-13(12)9-11/h4-5,8-9H,6-7H2,1-3H3,(H,16,17)/b10-8+. The average molecular weight is 246 g/mol. The minimum atomic E-state index is -0.905. The number of hydrogen-bond acceptors (Lipinski definition) is 2. The number of benzene rings is 1. The van der Waals surface area contributed by atoms with Gasteiger partial charge in [0.05, 0.1) is 6.61 Å². The fraction of sp³-hybridized carbons (Fsp3) is 0.400. The summed E-state index contributed by atoms with van der Waals surface area (Å²) in [6, 6.07) is 6.03. The zero-order valence-electron chi connectivity index (χ0n) is 11.0. The van der Waals surface area contributed by atoms with Crippen molar-refractivity contribution in [3.8, 4) is 5.75 Å². The van der Waals surface area contributed by atoms with E-state index in [4.69, 9.17) is 9.84 Å². The number of hydrogen-bond donors (Lipinski definition) is 1. The highest BCUT2D eigenvalue weighted by atomic mass is 16.5. The van der Waals surface area contributed by atoms with Gasteiger partial charge in [-0.1, -0.05) is 32.9 Å². The summed E-state index contributed by atoms with van der Waals surface area (Å²) in [5, 5.41) is 8.86. The molecule has 1 aliphatic heterocycles. The van der Waals surface area contributed by atoms with E-state index in [0.29, 0.717) is 13.0 Å². The predicted octanol–water partition coefficient (Wildman–Crippen LogP) is 3.23. The van der Waals surface area contributed by atoms with E-state index in [9.17, 15) is 4.79 Å². The molecule has 0 unspecified atom stereocenters. The molecule has 0 aromatic heterocycles. The molecule has 0 fully saturated rings. The first-order valence-corrected chi connectivity index (χ1v) is 6.09. The molecule has 1 aliphatic rings. The van der Waals surface area contributed by atoms with E-state index in [-0.39, 0.29) is 5.41 Å². The molecule has 1 aromatic rings. The van der Waals surface area contributed by atoms with E-state index in [1.165, 1.54) is 11.6 Å². The Morgan fingerprint density at radius 3 is 2.72 bits per heavy atom. The summed E-state index contributed by atoms with van der Waals surface area (Å²) in [4.78, 5) is 10.8. The summed E-state index contributed by atoms with van der Waals surface area (Å²) >= 11 is 0. The Morgan fingerprint density at radius 1 is 1.39 bits per heavy atom. The molecule has 96 valence electrons. The van der Waals surface area contributed by atoms with Crippen LogP contribution in [0, 0.1) is 0 Å². The number of fused-ring (bicyclic) bond motifs is 1. The lowest BCUT2D eigenvalue weighted by atomic mass is 9.85. The van der Waals surface area contributed by atoms with Gasteiger partial charge in [0.1, 0.15) is 5.75 Å². The monoisotopic (exact) mass is 246 g/mol. The first-order valence-electron chi connectivity index (χ1n) is 6.09. The maximum Gasteiger partial charge on any atom is 0.328 e. The van der Waals surface area contributed by atoms with E-state index < -0.39 is 5.97 Å². The number of carboxylic acid groups (broad SMARTS) is 1. The molecule has 0 saturated heterocycles. The van der Waals surface area contributed by atoms with Gasteiger partial charge in [-0.05, 0) is 22.6 Å². The molecule has 0 atom stereocenters. The van der Waals surface area contributed by atoms with E-state index in [1.54, 1.807) is 0 Å². The second-order valence-corrected chi connectivity index (χ2v) is 5.57. The topological polar surface area (TPSA) is 46.5 Å². The summed E-state index contributed by atoms with van der Waals surface area (Å²) in [7, 11) is 0. The van der Waals surface area contributed by atoms with Crippen LogP contribution in [0.25, 0.3) is 5.57 Å². The Hall–Kier alpha value is -1.77. The third kappa shape index (κ3) is 2.55. The number of ether oxygens (including phenoxy) is 1. The molecule has 0 bridgehead atoms. The normalized spacial score (nSPS) is 17.2. The summed E-state index contributed by atoms with van der Waals surface area (Å²) < 4.78 is 5.64. The molecule has 3 nitrogen and oxygen atoms in total. The second-order valence-electron chi connectivity index (χ2n) is 5.57. The molecular weight excluding hydrogens is 228 g/mol. The van der Waals surface area contributed by atoms with Crippen LogP contribution in [-0.2, 0) is 10.2 Å². The van der Waals surface area contributed by atoms with Crippen LogP contribution in [0.5, 0.6) is 5.75 Å². The number of aliphatic carboxylic acids is 1. The van der Waals surface area contributed by atoms with E-state index in [2.05, 4.69) is 20.8 Å². The zero-order valence-corrected chi connectivity index (χ0v) is 11.0. The van der Waals surface area contributed by atoms with Crippen molar-refractivity contribution in [3.05, 3.63) is 35.4 Å². The lowest BCUT2D eigenvalue weighted by Gasteiger charge is -2.24. The van der Waals surface area contributed by atoms with Gasteiger partial charge in [0.2, 0.25) is 0 Å². The van der Waals surface area contributed by atoms with Gasteiger partial charge in [0.15, 0.2) is 0 Å².